The molecule has 0 aromatic heterocycles. The second kappa shape index (κ2) is 8.10. The van der Waals surface area contributed by atoms with Crippen LogP contribution in [0.15, 0.2) is 66.3 Å². The zero-order valence-corrected chi connectivity index (χ0v) is 17.1. The fraction of sp³-hybridized carbons (Fsp3) is 0.208. The molecule has 2 heterocycles. The van der Waals surface area contributed by atoms with E-state index < -0.39 is 23.9 Å². The van der Waals surface area contributed by atoms with Crippen LogP contribution in [0.1, 0.15) is 41.8 Å². The molecule has 0 aliphatic carbocycles. The summed E-state index contributed by atoms with van der Waals surface area (Å²) in [4.78, 5) is 38.2. The van der Waals surface area contributed by atoms with Crippen LogP contribution in [-0.4, -0.2) is 29.0 Å². The molecular weight excluding hydrogens is 398 g/mol. The van der Waals surface area contributed by atoms with Crippen LogP contribution >= 0.6 is 0 Å². The lowest BCUT2D eigenvalue weighted by atomic mass is 10.00. The van der Waals surface area contributed by atoms with Crippen molar-refractivity contribution in [1.29, 1.82) is 0 Å². The summed E-state index contributed by atoms with van der Waals surface area (Å²) < 4.78 is 11.2. The van der Waals surface area contributed by atoms with Crippen LogP contribution in [0.3, 0.4) is 0 Å². The highest BCUT2D eigenvalue weighted by Gasteiger charge is 2.40. The molecule has 2 aromatic carbocycles. The van der Waals surface area contributed by atoms with Crippen molar-refractivity contribution < 1.29 is 29.0 Å². The number of ether oxygens (including phenoxy) is 2. The summed E-state index contributed by atoms with van der Waals surface area (Å²) in [6.45, 7) is 3.00. The molecule has 2 aromatic rings. The normalized spacial score (nSPS) is 18.8. The predicted octanol–water partition coefficient (Wildman–Crippen LogP) is 3.90. The van der Waals surface area contributed by atoms with E-state index in [-0.39, 0.29) is 23.5 Å². The van der Waals surface area contributed by atoms with E-state index >= 15 is 0 Å². The third-order valence-electron chi connectivity index (χ3n) is 5.18. The second-order valence-corrected chi connectivity index (χ2v) is 7.25. The van der Waals surface area contributed by atoms with E-state index in [9.17, 15) is 19.5 Å². The molecule has 0 saturated carbocycles. The lowest BCUT2D eigenvalue weighted by Gasteiger charge is -2.13. The van der Waals surface area contributed by atoms with Crippen molar-refractivity contribution in [1.82, 2.24) is 0 Å². The molecule has 31 heavy (non-hydrogen) atoms. The van der Waals surface area contributed by atoms with Gasteiger partial charge in [-0.05, 0) is 23.8 Å². The lowest BCUT2D eigenvalue weighted by Crippen LogP contribution is -2.31. The molecule has 0 fully saturated rings. The molecule has 4 rings (SSSR count). The van der Waals surface area contributed by atoms with E-state index in [4.69, 9.17) is 9.47 Å². The maximum Gasteiger partial charge on any atom is 0.269 e. The Bertz CT molecular complexity index is 1130. The maximum absolute atomic E-state index is 13.0. The van der Waals surface area contributed by atoms with Gasteiger partial charge in [0.15, 0.2) is 11.5 Å². The number of aliphatic hydroxyl groups excluding tert-OH is 1. The fourth-order valence-electron chi connectivity index (χ4n) is 3.65. The number of carbonyl (C=O) groups is 3. The highest BCUT2D eigenvalue weighted by atomic mass is 16.7. The van der Waals surface area contributed by atoms with Gasteiger partial charge in [-0.3, -0.25) is 14.4 Å². The minimum absolute atomic E-state index is 0.00662. The molecule has 2 amide bonds. The Morgan fingerprint density at radius 1 is 1.13 bits per heavy atom. The van der Waals surface area contributed by atoms with Crippen molar-refractivity contribution in [3.8, 4) is 0 Å². The average molecular weight is 419 g/mol. The van der Waals surface area contributed by atoms with Gasteiger partial charge >= 0.3 is 0 Å². The number of ketones is 1. The van der Waals surface area contributed by atoms with E-state index in [1.54, 1.807) is 13.0 Å². The van der Waals surface area contributed by atoms with Gasteiger partial charge in [0.1, 0.15) is 6.26 Å². The molecule has 0 spiro atoms. The number of benzene rings is 2. The van der Waals surface area contributed by atoms with Crippen molar-refractivity contribution in [3.63, 3.8) is 0 Å². The zero-order chi connectivity index (χ0) is 22.1. The number of hydrogen-bond acceptors (Lipinski definition) is 6. The monoisotopic (exact) mass is 419 g/mol. The van der Waals surface area contributed by atoms with E-state index in [0.29, 0.717) is 23.2 Å². The van der Waals surface area contributed by atoms with Gasteiger partial charge in [-0.15, -0.1) is 0 Å². The van der Waals surface area contributed by atoms with Gasteiger partial charge in [0.05, 0.1) is 11.3 Å². The van der Waals surface area contributed by atoms with Crippen molar-refractivity contribution in [2.45, 2.75) is 33.0 Å². The van der Waals surface area contributed by atoms with E-state index in [0.717, 1.165) is 10.5 Å². The Hall–Kier alpha value is -3.87. The number of anilines is 1. The lowest BCUT2D eigenvalue weighted by molar-refractivity contribution is -0.122. The number of amides is 2. The number of imide groups is 1. The number of nitrogens with zero attached hydrogens (tertiary/aromatic N) is 1. The van der Waals surface area contributed by atoms with Crippen LogP contribution in [0.2, 0.25) is 0 Å². The minimum Gasteiger partial charge on any atom is -0.504 e. The summed E-state index contributed by atoms with van der Waals surface area (Å²) in [6.07, 6.45) is 1.33. The van der Waals surface area contributed by atoms with E-state index in [1.165, 1.54) is 25.3 Å². The quantitative estimate of drug-likeness (QED) is 0.449. The SMILES string of the molecule is CCC(=O)c1ccc2c(c1)C(=C(O)C1=COC(Cc3ccccc3)O1)C(=O)N2C(C)=O. The standard InChI is InChI=1S/C24H21NO6/c1-3-19(27)16-9-10-18-17(12-16)22(24(29)25(18)14(2)26)23(28)20-13-30-21(31-20)11-15-7-5-4-6-8-15/h4-10,12-13,21,28H,3,11H2,1-2H3. The second-order valence-electron chi connectivity index (χ2n) is 7.25. The Kier molecular flexibility index (Phi) is 5.33. The first-order valence-electron chi connectivity index (χ1n) is 9.93. The summed E-state index contributed by atoms with van der Waals surface area (Å²) >= 11 is 0. The third-order valence-corrected chi connectivity index (χ3v) is 5.18. The first-order chi connectivity index (χ1) is 14.9. The molecule has 158 valence electrons. The van der Waals surface area contributed by atoms with Gasteiger partial charge in [0, 0.05) is 30.9 Å². The molecule has 7 nitrogen and oxygen atoms in total. The summed E-state index contributed by atoms with van der Waals surface area (Å²) in [7, 11) is 0. The van der Waals surface area contributed by atoms with Gasteiger partial charge in [-0.25, -0.2) is 4.90 Å². The molecule has 2 aliphatic heterocycles. The van der Waals surface area contributed by atoms with Gasteiger partial charge in [-0.2, -0.15) is 0 Å². The van der Waals surface area contributed by atoms with Crippen LogP contribution in [0, 0.1) is 0 Å². The molecule has 1 atom stereocenters. The molecule has 7 heteroatoms. The summed E-state index contributed by atoms with van der Waals surface area (Å²) in [5.41, 5.74) is 1.89. The first-order valence-corrected chi connectivity index (χ1v) is 9.93. The maximum atomic E-state index is 13.0. The average Bonchev–Trinajstić information content (AvgIpc) is 3.34. The highest BCUT2D eigenvalue weighted by Crippen LogP contribution is 2.41. The van der Waals surface area contributed by atoms with E-state index in [2.05, 4.69) is 0 Å². The summed E-state index contributed by atoms with van der Waals surface area (Å²) in [5.74, 6) is -1.74. The van der Waals surface area contributed by atoms with Gasteiger partial charge in [0.2, 0.25) is 18.0 Å². The van der Waals surface area contributed by atoms with Crippen LogP contribution < -0.4 is 4.90 Å². The van der Waals surface area contributed by atoms with Gasteiger partial charge in [-0.1, -0.05) is 37.3 Å². The molecular formula is C24H21NO6. The number of aliphatic hydroxyl groups is 1. The highest BCUT2D eigenvalue weighted by molar-refractivity contribution is 6.40. The smallest absolute Gasteiger partial charge is 0.269 e. The molecule has 0 bridgehead atoms. The van der Waals surface area contributed by atoms with Crippen LogP contribution in [0.5, 0.6) is 0 Å². The Morgan fingerprint density at radius 2 is 1.87 bits per heavy atom. The predicted molar refractivity (Wildman–Crippen MR) is 113 cm³/mol. The number of carbonyl (C=O) groups excluding carboxylic acids is 3. The van der Waals surface area contributed by atoms with E-state index in [1.807, 2.05) is 30.3 Å². The molecule has 2 aliphatic rings. The molecule has 1 N–H and O–H groups in total. The first kappa shape index (κ1) is 20.4. The van der Waals surface area contributed by atoms with Crippen molar-refractivity contribution >= 4 is 28.9 Å². The summed E-state index contributed by atoms with van der Waals surface area (Å²) in [6, 6.07) is 14.2. The molecule has 0 radical (unpaired) electrons. The van der Waals surface area contributed by atoms with Gasteiger partial charge in [0.25, 0.3) is 5.91 Å². The van der Waals surface area contributed by atoms with Crippen molar-refractivity contribution in [3.05, 3.63) is 83.0 Å². The number of rotatable bonds is 5. The zero-order valence-electron chi connectivity index (χ0n) is 17.1. The van der Waals surface area contributed by atoms with Crippen molar-refractivity contribution in [2.24, 2.45) is 0 Å². The number of hydrogen-bond donors (Lipinski definition) is 1. The minimum atomic E-state index is -0.683. The molecule has 1 unspecified atom stereocenters. The number of Topliss-reactive ketones (excluding diaryl/α,β-unsaturated/α-hetero) is 1. The fourth-order valence-corrected chi connectivity index (χ4v) is 3.65. The third kappa shape index (κ3) is 3.70. The van der Waals surface area contributed by atoms with Crippen LogP contribution in [-0.2, 0) is 25.5 Å². The topological polar surface area (TPSA) is 93.1 Å². The van der Waals surface area contributed by atoms with Crippen molar-refractivity contribution in [2.75, 3.05) is 4.90 Å². The largest absolute Gasteiger partial charge is 0.504 e. The summed E-state index contributed by atoms with van der Waals surface area (Å²) in [5, 5.41) is 10.9. The molecule has 0 saturated heterocycles. The van der Waals surface area contributed by atoms with Crippen LogP contribution in [0.4, 0.5) is 5.69 Å². The van der Waals surface area contributed by atoms with Gasteiger partial charge < -0.3 is 14.6 Å². The Labute approximate surface area is 179 Å². The number of fused-ring (bicyclic) bond motifs is 1. The Morgan fingerprint density at radius 3 is 2.55 bits per heavy atom. The Balaban J connectivity index is 1.68. The van der Waals surface area contributed by atoms with Crippen LogP contribution in [0.25, 0.3) is 5.57 Å².